The lowest BCUT2D eigenvalue weighted by atomic mass is 10.2. The van der Waals surface area contributed by atoms with E-state index >= 15 is 0 Å². The topological polar surface area (TPSA) is 62.7 Å². The lowest BCUT2D eigenvalue weighted by Gasteiger charge is -2.10. The first-order valence-electron chi connectivity index (χ1n) is 6.09. The molecule has 0 spiro atoms. The summed E-state index contributed by atoms with van der Waals surface area (Å²) in [4.78, 5) is 12.7. The molecule has 0 aliphatic heterocycles. The molecule has 0 aliphatic carbocycles. The van der Waals surface area contributed by atoms with E-state index in [1.165, 1.54) is 0 Å². The summed E-state index contributed by atoms with van der Waals surface area (Å²) in [6, 6.07) is 9.75. The molecular formula is C14H12ClN5. The summed E-state index contributed by atoms with van der Waals surface area (Å²) >= 11 is 6.12. The van der Waals surface area contributed by atoms with Crippen molar-refractivity contribution in [3.63, 3.8) is 0 Å². The summed E-state index contributed by atoms with van der Waals surface area (Å²) in [5.41, 5.74) is 1.81. The molecule has 3 rings (SSSR count). The lowest BCUT2D eigenvalue weighted by Crippen LogP contribution is -2.01. The number of aromatic nitrogens is 3. The minimum Gasteiger partial charge on any atom is -0.357 e. The molecule has 0 fully saturated rings. The second-order valence-corrected chi connectivity index (χ2v) is 4.55. The minimum atomic E-state index is 0.463. The Balaban J connectivity index is 2.05. The molecule has 6 heteroatoms. The Morgan fingerprint density at radius 3 is 2.85 bits per heavy atom. The van der Waals surface area contributed by atoms with Crippen LogP contribution in [0.3, 0.4) is 0 Å². The van der Waals surface area contributed by atoms with Gasteiger partial charge in [0.2, 0.25) is 5.95 Å². The van der Waals surface area contributed by atoms with Gasteiger partial charge in [-0.25, -0.2) is 4.98 Å². The van der Waals surface area contributed by atoms with Crippen molar-refractivity contribution >= 4 is 40.0 Å². The fourth-order valence-corrected chi connectivity index (χ4v) is 2.05. The van der Waals surface area contributed by atoms with E-state index < -0.39 is 0 Å². The number of hydrogen-bond donors (Lipinski definition) is 2. The van der Waals surface area contributed by atoms with Crippen molar-refractivity contribution in [2.24, 2.45) is 0 Å². The van der Waals surface area contributed by atoms with Crippen molar-refractivity contribution in [1.29, 1.82) is 0 Å². The first-order chi connectivity index (χ1) is 9.78. The van der Waals surface area contributed by atoms with Crippen LogP contribution in [-0.4, -0.2) is 22.0 Å². The van der Waals surface area contributed by atoms with Gasteiger partial charge in [0.15, 0.2) is 5.82 Å². The lowest BCUT2D eigenvalue weighted by molar-refractivity contribution is 1.15. The molecule has 0 saturated carbocycles. The second-order valence-electron chi connectivity index (χ2n) is 4.14. The Kier molecular flexibility index (Phi) is 3.35. The number of hydrogen-bond acceptors (Lipinski definition) is 5. The van der Waals surface area contributed by atoms with Crippen LogP contribution in [0.5, 0.6) is 0 Å². The van der Waals surface area contributed by atoms with E-state index in [2.05, 4.69) is 25.6 Å². The van der Waals surface area contributed by atoms with Gasteiger partial charge in [0.1, 0.15) is 5.02 Å². The number of rotatable bonds is 3. The SMILES string of the molecule is CNc1ncc(Cl)c(Nc2cccc3ncccc23)n1. The third-order valence-corrected chi connectivity index (χ3v) is 3.14. The Morgan fingerprint density at radius 1 is 1.10 bits per heavy atom. The molecule has 3 aromatic rings. The summed E-state index contributed by atoms with van der Waals surface area (Å²) in [5, 5.41) is 7.58. The first kappa shape index (κ1) is 12.6. The van der Waals surface area contributed by atoms with Gasteiger partial charge in [-0.05, 0) is 24.3 Å². The number of nitrogens with zero attached hydrogens (tertiary/aromatic N) is 3. The van der Waals surface area contributed by atoms with Gasteiger partial charge in [-0.2, -0.15) is 4.98 Å². The minimum absolute atomic E-state index is 0.463. The van der Waals surface area contributed by atoms with Crippen LogP contribution in [-0.2, 0) is 0 Å². The van der Waals surface area contributed by atoms with Gasteiger partial charge < -0.3 is 10.6 Å². The molecular weight excluding hydrogens is 274 g/mol. The largest absolute Gasteiger partial charge is 0.357 e. The molecule has 20 heavy (non-hydrogen) atoms. The smallest absolute Gasteiger partial charge is 0.224 e. The van der Waals surface area contributed by atoms with Gasteiger partial charge in [0, 0.05) is 24.3 Å². The number of pyridine rings is 1. The Labute approximate surface area is 121 Å². The van der Waals surface area contributed by atoms with Crippen LogP contribution in [0.15, 0.2) is 42.7 Å². The highest BCUT2D eigenvalue weighted by atomic mass is 35.5. The molecule has 0 bridgehead atoms. The molecule has 0 radical (unpaired) electrons. The van der Waals surface area contributed by atoms with E-state index in [0.29, 0.717) is 16.8 Å². The molecule has 2 N–H and O–H groups in total. The van der Waals surface area contributed by atoms with Crippen LogP contribution in [0.25, 0.3) is 10.9 Å². The highest BCUT2D eigenvalue weighted by molar-refractivity contribution is 6.33. The third-order valence-electron chi connectivity index (χ3n) is 2.87. The Morgan fingerprint density at radius 2 is 2.00 bits per heavy atom. The van der Waals surface area contributed by atoms with Gasteiger partial charge in [0.05, 0.1) is 11.7 Å². The molecule has 2 heterocycles. The predicted molar refractivity (Wildman–Crippen MR) is 81.6 cm³/mol. The molecule has 0 aliphatic rings. The average Bonchev–Trinajstić information content (AvgIpc) is 2.50. The van der Waals surface area contributed by atoms with Crippen molar-refractivity contribution in [1.82, 2.24) is 15.0 Å². The summed E-state index contributed by atoms with van der Waals surface area (Å²) in [6.07, 6.45) is 3.33. The van der Waals surface area contributed by atoms with Crippen molar-refractivity contribution in [2.45, 2.75) is 0 Å². The number of fused-ring (bicyclic) bond motifs is 1. The summed E-state index contributed by atoms with van der Waals surface area (Å²) in [7, 11) is 1.76. The fraction of sp³-hybridized carbons (Fsp3) is 0.0714. The number of anilines is 3. The molecule has 2 aromatic heterocycles. The summed E-state index contributed by atoms with van der Waals surface area (Å²) in [5.74, 6) is 1.07. The predicted octanol–water partition coefficient (Wildman–Crippen LogP) is 3.46. The maximum absolute atomic E-state index is 6.12. The quantitative estimate of drug-likeness (QED) is 0.771. The Hall–Kier alpha value is -2.40. The second kappa shape index (κ2) is 5.30. The van der Waals surface area contributed by atoms with Crippen molar-refractivity contribution in [3.8, 4) is 0 Å². The third kappa shape index (κ3) is 2.35. The van der Waals surface area contributed by atoms with E-state index in [1.54, 1.807) is 19.4 Å². The van der Waals surface area contributed by atoms with Crippen LogP contribution in [0.4, 0.5) is 17.5 Å². The number of halogens is 1. The molecule has 0 amide bonds. The van der Waals surface area contributed by atoms with E-state index in [9.17, 15) is 0 Å². The molecule has 0 unspecified atom stereocenters. The van der Waals surface area contributed by atoms with Crippen LogP contribution in [0.1, 0.15) is 0 Å². The van der Waals surface area contributed by atoms with E-state index in [-0.39, 0.29) is 0 Å². The number of nitrogens with one attached hydrogen (secondary N) is 2. The zero-order valence-corrected chi connectivity index (χ0v) is 11.5. The van der Waals surface area contributed by atoms with E-state index in [4.69, 9.17) is 11.6 Å². The average molecular weight is 286 g/mol. The maximum Gasteiger partial charge on any atom is 0.224 e. The van der Waals surface area contributed by atoms with Crippen LogP contribution in [0.2, 0.25) is 5.02 Å². The fourth-order valence-electron chi connectivity index (χ4n) is 1.92. The van der Waals surface area contributed by atoms with Crippen LogP contribution in [0, 0.1) is 0 Å². The van der Waals surface area contributed by atoms with Gasteiger partial charge in [-0.15, -0.1) is 0 Å². The monoisotopic (exact) mass is 285 g/mol. The van der Waals surface area contributed by atoms with Crippen molar-refractivity contribution in [3.05, 3.63) is 47.7 Å². The maximum atomic E-state index is 6.12. The highest BCUT2D eigenvalue weighted by Gasteiger charge is 2.07. The molecule has 100 valence electrons. The van der Waals surface area contributed by atoms with E-state index in [1.807, 2.05) is 30.3 Å². The van der Waals surface area contributed by atoms with Crippen LogP contribution < -0.4 is 10.6 Å². The molecule has 0 saturated heterocycles. The molecule has 0 atom stereocenters. The normalized spacial score (nSPS) is 10.5. The zero-order valence-electron chi connectivity index (χ0n) is 10.8. The van der Waals surface area contributed by atoms with Crippen molar-refractivity contribution in [2.75, 3.05) is 17.7 Å². The zero-order chi connectivity index (χ0) is 13.9. The summed E-state index contributed by atoms with van der Waals surface area (Å²) in [6.45, 7) is 0. The van der Waals surface area contributed by atoms with Gasteiger partial charge >= 0.3 is 0 Å². The van der Waals surface area contributed by atoms with Crippen molar-refractivity contribution < 1.29 is 0 Å². The first-order valence-corrected chi connectivity index (χ1v) is 6.47. The number of benzene rings is 1. The van der Waals surface area contributed by atoms with Crippen LogP contribution >= 0.6 is 11.6 Å². The Bertz CT molecular complexity index is 754. The van der Waals surface area contributed by atoms with Gasteiger partial charge in [-0.1, -0.05) is 17.7 Å². The van der Waals surface area contributed by atoms with E-state index in [0.717, 1.165) is 16.6 Å². The molecule has 5 nitrogen and oxygen atoms in total. The summed E-state index contributed by atoms with van der Waals surface area (Å²) < 4.78 is 0. The highest BCUT2D eigenvalue weighted by Crippen LogP contribution is 2.28. The van der Waals surface area contributed by atoms with Gasteiger partial charge in [0.25, 0.3) is 0 Å². The standard InChI is InChI=1S/C14H12ClN5/c1-16-14-18-8-10(15)13(20-14)19-12-6-2-5-11-9(12)4-3-7-17-11/h2-8H,1H3,(H2,16,18,19,20). The van der Waals surface area contributed by atoms with Gasteiger partial charge in [-0.3, -0.25) is 4.98 Å². The molecule has 1 aromatic carbocycles.